The van der Waals surface area contributed by atoms with E-state index in [1.54, 1.807) is 0 Å². The molecule has 0 atom stereocenters. The second kappa shape index (κ2) is 7.44. The van der Waals surface area contributed by atoms with Crippen LogP contribution in [-0.2, 0) is 4.79 Å². The van der Waals surface area contributed by atoms with E-state index >= 15 is 0 Å². The number of rotatable bonds is 6. The first kappa shape index (κ1) is 15.8. The fourth-order valence-corrected chi connectivity index (χ4v) is 3.81. The van der Waals surface area contributed by atoms with Gasteiger partial charge in [-0.15, -0.1) is 0 Å². The molecule has 0 aromatic heterocycles. The maximum atomic E-state index is 12.2. The first-order chi connectivity index (χ1) is 9.63. The number of carbonyl (C=O) groups is 1. The molecule has 116 valence electrons. The third kappa shape index (κ3) is 4.47. The van der Waals surface area contributed by atoms with Crippen LogP contribution < -0.4 is 5.32 Å². The van der Waals surface area contributed by atoms with Gasteiger partial charge in [-0.25, -0.2) is 0 Å². The second-order valence-electron chi connectivity index (χ2n) is 7.01. The smallest absolute Gasteiger partial charge is 0.223 e. The molecular formula is C17H31NO2. The van der Waals surface area contributed by atoms with Crippen LogP contribution in [0.1, 0.15) is 77.6 Å². The minimum atomic E-state index is -0.617. The molecule has 0 radical (unpaired) electrons. The zero-order valence-corrected chi connectivity index (χ0v) is 13.0. The molecule has 0 saturated heterocycles. The summed E-state index contributed by atoms with van der Waals surface area (Å²) in [6.07, 6.45) is 12.3. The largest absolute Gasteiger partial charge is 0.388 e. The van der Waals surface area contributed by atoms with Crippen LogP contribution in [0.25, 0.3) is 0 Å². The molecule has 0 bridgehead atoms. The third-order valence-electron chi connectivity index (χ3n) is 5.31. The fourth-order valence-electron chi connectivity index (χ4n) is 3.81. The summed E-state index contributed by atoms with van der Waals surface area (Å²) in [5, 5.41) is 13.3. The highest BCUT2D eigenvalue weighted by atomic mass is 16.3. The van der Waals surface area contributed by atoms with E-state index in [2.05, 4.69) is 12.2 Å². The van der Waals surface area contributed by atoms with E-state index in [-0.39, 0.29) is 11.8 Å². The van der Waals surface area contributed by atoms with E-state index < -0.39 is 5.60 Å². The lowest BCUT2D eigenvalue weighted by Crippen LogP contribution is -2.43. The van der Waals surface area contributed by atoms with Gasteiger partial charge in [-0.3, -0.25) is 4.79 Å². The highest BCUT2D eigenvalue weighted by Gasteiger charge is 2.33. The van der Waals surface area contributed by atoms with Gasteiger partial charge in [-0.05, 0) is 44.4 Å². The van der Waals surface area contributed by atoms with E-state index in [4.69, 9.17) is 0 Å². The molecule has 0 aromatic rings. The summed E-state index contributed by atoms with van der Waals surface area (Å²) in [5.41, 5.74) is -0.617. The predicted octanol–water partition coefficient (Wildman–Crippen LogP) is 3.40. The molecule has 0 aliphatic heterocycles. The molecule has 0 aromatic carbocycles. The van der Waals surface area contributed by atoms with Crippen molar-refractivity contribution in [2.75, 3.05) is 6.54 Å². The van der Waals surface area contributed by atoms with Crippen LogP contribution in [0.15, 0.2) is 0 Å². The normalized spacial score (nSPS) is 29.3. The first-order valence-electron chi connectivity index (χ1n) is 8.63. The standard InChI is InChI=1S/C17H31NO2/c1-2-3-6-14-7-9-15(10-8-14)16(19)18-13-17(20)11-4-5-12-17/h14-15,20H,2-13H2,1H3,(H,18,19). The number of amides is 1. The third-order valence-corrected chi connectivity index (χ3v) is 5.31. The molecule has 0 spiro atoms. The molecule has 2 N–H and O–H groups in total. The Balaban J connectivity index is 1.66. The SMILES string of the molecule is CCCCC1CCC(C(=O)NCC2(O)CCCC2)CC1. The van der Waals surface area contributed by atoms with Crippen molar-refractivity contribution in [3.05, 3.63) is 0 Å². The fraction of sp³-hybridized carbons (Fsp3) is 0.941. The number of unbranched alkanes of at least 4 members (excludes halogenated alkanes) is 1. The molecule has 2 saturated carbocycles. The molecule has 3 nitrogen and oxygen atoms in total. The van der Waals surface area contributed by atoms with Crippen LogP contribution in [0.4, 0.5) is 0 Å². The van der Waals surface area contributed by atoms with Gasteiger partial charge in [0.15, 0.2) is 0 Å². The van der Waals surface area contributed by atoms with Crippen molar-refractivity contribution >= 4 is 5.91 Å². The average Bonchev–Trinajstić information content (AvgIpc) is 2.90. The Labute approximate surface area is 123 Å². The van der Waals surface area contributed by atoms with Gasteiger partial charge in [-0.1, -0.05) is 39.0 Å². The van der Waals surface area contributed by atoms with Gasteiger partial charge in [0.05, 0.1) is 5.60 Å². The molecule has 2 aliphatic rings. The van der Waals surface area contributed by atoms with E-state index in [0.717, 1.165) is 44.4 Å². The molecular weight excluding hydrogens is 250 g/mol. The lowest BCUT2D eigenvalue weighted by molar-refractivity contribution is -0.127. The van der Waals surface area contributed by atoms with Crippen molar-refractivity contribution in [3.8, 4) is 0 Å². The van der Waals surface area contributed by atoms with Gasteiger partial charge in [0.2, 0.25) is 5.91 Å². The van der Waals surface area contributed by atoms with Crippen molar-refractivity contribution < 1.29 is 9.90 Å². The van der Waals surface area contributed by atoms with Crippen LogP contribution in [0.2, 0.25) is 0 Å². The molecule has 1 amide bonds. The number of hydrogen-bond donors (Lipinski definition) is 2. The van der Waals surface area contributed by atoms with Gasteiger partial charge in [0.25, 0.3) is 0 Å². The summed E-state index contributed by atoms with van der Waals surface area (Å²) < 4.78 is 0. The Morgan fingerprint density at radius 2 is 1.85 bits per heavy atom. The number of nitrogens with one attached hydrogen (secondary N) is 1. The molecule has 2 rings (SSSR count). The second-order valence-corrected chi connectivity index (χ2v) is 7.01. The summed E-state index contributed by atoms with van der Waals surface area (Å²) in [7, 11) is 0. The van der Waals surface area contributed by atoms with Crippen LogP contribution >= 0.6 is 0 Å². The topological polar surface area (TPSA) is 49.3 Å². The molecule has 3 heteroatoms. The van der Waals surface area contributed by atoms with Crippen molar-refractivity contribution in [3.63, 3.8) is 0 Å². The van der Waals surface area contributed by atoms with E-state index in [9.17, 15) is 9.90 Å². The van der Waals surface area contributed by atoms with Crippen LogP contribution in [0.5, 0.6) is 0 Å². The summed E-state index contributed by atoms with van der Waals surface area (Å²) in [5.74, 6) is 1.22. The van der Waals surface area contributed by atoms with E-state index in [1.807, 2.05) is 0 Å². The maximum Gasteiger partial charge on any atom is 0.223 e. The van der Waals surface area contributed by atoms with Crippen molar-refractivity contribution in [1.82, 2.24) is 5.32 Å². The maximum absolute atomic E-state index is 12.2. The zero-order valence-electron chi connectivity index (χ0n) is 13.0. The van der Waals surface area contributed by atoms with E-state index in [0.29, 0.717) is 6.54 Å². The monoisotopic (exact) mass is 281 g/mol. The van der Waals surface area contributed by atoms with Gasteiger partial charge in [0, 0.05) is 12.5 Å². The van der Waals surface area contributed by atoms with Crippen LogP contribution in [-0.4, -0.2) is 23.2 Å². The summed E-state index contributed by atoms with van der Waals surface area (Å²) in [4.78, 5) is 12.2. The average molecular weight is 281 g/mol. The van der Waals surface area contributed by atoms with Crippen LogP contribution in [0, 0.1) is 11.8 Å². The molecule has 20 heavy (non-hydrogen) atoms. The summed E-state index contributed by atoms with van der Waals surface area (Å²) in [6, 6.07) is 0. The highest BCUT2D eigenvalue weighted by molar-refractivity contribution is 5.78. The number of carbonyl (C=O) groups excluding carboxylic acids is 1. The molecule has 2 fully saturated rings. The molecule has 2 aliphatic carbocycles. The summed E-state index contributed by atoms with van der Waals surface area (Å²) >= 11 is 0. The molecule has 0 heterocycles. The predicted molar refractivity (Wildman–Crippen MR) is 81.4 cm³/mol. The summed E-state index contributed by atoms with van der Waals surface area (Å²) in [6.45, 7) is 2.70. The zero-order chi connectivity index (χ0) is 14.4. The lowest BCUT2D eigenvalue weighted by Gasteiger charge is -2.29. The van der Waals surface area contributed by atoms with Crippen molar-refractivity contribution in [2.45, 2.75) is 83.2 Å². The van der Waals surface area contributed by atoms with E-state index in [1.165, 1.54) is 32.1 Å². The molecule has 0 unspecified atom stereocenters. The first-order valence-corrected chi connectivity index (χ1v) is 8.63. The van der Waals surface area contributed by atoms with Gasteiger partial charge >= 0.3 is 0 Å². The Morgan fingerprint density at radius 3 is 2.45 bits per heavy atom. The number of aliphatic hydroxyl groups is 1. The Hall–Kier alpha value is -0.570. The minimum Gasteiger partial charge on any atom is -0.388 e. The van der Waals surface area contributed by atoms with Crippen molar-refractivity contribution in [2.24, 2.45) is 11.8 Å². The van der Waals surface area contributed by atoms with Gasteiger partial charge in [0.1, 0.15) is 0 Å². The van der Waals surface area contributed by atoms with Gasteiger partial charge in [-0.2, -0.15) is 0 Å². The van der Waals surface area contributed by atoms with Crippen LogP contribution in [0.3, 0.4) is 0 Å². The van der Waals surface area contributed by atoms with Crippen molar-refractivity contribution in [1.29, 1.82) is 0 Å². The Morgan fingerprint density at radius 1 is 1.20 bits per heavy atom. The van der Waals surface area contributed by atoms with Gasteiger partial charge < -0.3 is 10.4 Å². The Kier molecular flexibility index (Phi) is 5.88. The lowest BCUT2D eigenvalue weighted by atomic mass is 9.79. The minimum absolute atomic E-state index is 0.180. The Bertz CT molecular complexity index is 302. The highest BCUT2D eigenvalue weighted by Crippen LogP contribution is 2.32. The quantitative estimate of drug-likeness (QED) is 0.784. The number of hydrogen-bond acceptors (Lipinski definition) is 2.